The highest BCUT2D eigenvalue weighted by Crippen LogP contribution is 2.39. The van der Waals surface area contributed by atoms with E-state index in [0.717, 1.165) is 28.1 Å². The van der Waals surface area contributed by atoms with Crippen LogP contribution in [0.3, 0.4) is 0 Å². The number of hydrogen-bond donors (Lipinski definition) is 2. The van der Waals surface area contributed by atoms with Crippen LogP contribution in [0.15, 0.2) is 17.6 Å². The predicted octanol–water partition coefficient (Wildman–Crippen LogP) is 4.36. The van der Waals surface area contributed by atoms with Crippen molar-refractivity contribution in [1.29, 1.82) is 0 Å². The van der Waals surface area contributed by atoms with Crippen LogP contribution in [0.2, 0.25) is 0 Å². The van der Waals surface area contributed by atoms with E-state index >= 15 is 0 Å². The largest absolute Gasteiger partial charge is 0.395 e. The highest BCUT2D eigenvalue weighted by atomic mass is 32.2. The van der Waals surface area contributed by atoms with Gasteiger partial charge in [0, 0.05) is 11.3 Å². The lowest BCUT2D eigenvalue weighted by molar-refractivity contribution is 0.411. The summed E-state index contributed by atoms with van der Waals surface area (Å²) in [6, 6.07) is 4.20. The summed E-state index contributed by atoms with van der Waals surface area (Å²) in [6.45, 7) is 0.994. The number of nitrogen functional groups attached to an aromatic ring is 1. The molecule has 3 nitrogen and oxygen atoms in total. The van der Waals surface area contributed by atoms with Crippen molar-refractivity contribution in [3.05, 3.63) is 17.6 Å². The second kappa shape index (κ2) is 5.82. The number of aromatic nitrogens is 1. The minimum Gasteiger partial charge on any atom is -0.395 e. The Labute approximate surface area is 128 Å². The molecule has 1 aliphatic carbocycles. The monoisotopic (exact) mass is 307 g/mol. The Balaban J connectivity index is 1.77. The molecular weight excluding hydrogens is 286 g/mol. The Kier molecular flexibility index (Phi) is 4.08. The molecule has 0 unspecified atom stereocenters. The van der Waals surface area contributed by atoms with Crippen molar-refractivity contribution >= 4 is 44.7 Å². The molecule has 1 heterocycles. The average molecular weight is 307 g/mol. The van der Waals surface area contributed by atoms with Crippen molar-refractivity contribution in [2.75, 3.05) is 23.9 Å². The summed E-state index contributed by atoms with van der Waals surface area (Å²) in [6.07, 6.45) is 8.93. The number of thioether (sulfide) groups is 1. The van der Waals surface area contributed by atoms with E-state index in [-0.39, 0.29) is 0 Å². The first kappa shape index (κ1) is 14.0. The third kappa shape index (κ3) is 2.61. The molecule has 0 radical (unpaired) electrons. The summed E-state index contributed by atoms with van der Waals surface area (Å²) in [4.78, 5) is 4.36. The third-order valence-electron chi connectivity index (χ3n) is 4.34. The maximum absolute atomic E-state index is 6.24. The van der Waals surface area contributed by atoms with Crippen LogP contribution >= 0.6 is 23.1 Å². The minimum atomic E-state index is 0.377. The molecule has 2 aromatic rings. The van der Waals surface area contributed by atoms with Crippen LogP contribution < -0.4 is 11.1 Å². The molecule has 0 amide bonds. The molecule has 0 bridgehead atoms. The molecule has 0 saturated heterocycles. The van der Waals surface area contributed by atoms with E-state index in [2.05, 4.69) is 28.7 Å². The van der Waals surface area contributed by atoms with Crippen LogP contribution in [0.5, 0.6) is 0 Å². The third-order valence-corrected chi connectivity index (χ3v) is 6.55. The molecule has 0 aliphatic heterocycles. The standard InChI is InChI=1S/C15H21N3S2/c1-19-15(7-3-2-4-8-15)9-17-11-5-6-12-14(13(11)16)18-10-20-12/h5-6,10,17H,2-4,7-9,16H2,1H3. The van der Waals surface area contributed by atoms with E-state index in [1.54, 1.807) is 11.3 Å². The van der Waals surface area contributed by atoms with Gasteiger partial charge in [0.05, 0.1) is 21.6 Å². The first-order valence-electron chi connectivity index (χ1n) is 7.15. The quantitative estimate of drug-likeness (QED) is 0.824. The van der Waals surface area contributed by atoms with Crippen molar-refractivity contribution in [3.8, 4) is 0 Å². The zero-order chi connectivity index (χ0) is 14.0. The van der Waals surface area contributed by atoms with Crippen LogP contribution in [-0.2, 0) is 0 Å². The van der Waals surface area contributed by atoms with Gasteiger partial charge in [-0.1, -0.05) is 19.3 Å². The van der Waals surface area contributed by atoms with Gasteiger partial charge in [0.15, 0.2) is 0 Å². The second-order valence-electron chi connectivity index (χ2n) is 5.53. The van der Waals surface area contributed by atoms with Gasteiger partial charge in [-0.2, -0.15) is 11.8 Å². The zero-order valence-electron chi connectivity index (χ0n) is 11.8. The Morgan fingerprint density at radius 3 is 2.90 bits per heavy atom. The Morgan fingerprint density at radius 2 is 2.15 bits per heavy atom. The number of fused-ring (bicyclic) bond motifs is 1. The molecule has 0 spiro atoms. The van der Waals surface area contributed by atoms with Crippen molar-refractivity contribution in [2.24, 2.45) is 0 Å². The fourth-order valence-corrected chi connectivity index (χ4v) is 4.62. The summed E-state index contributed by atoms with van der Waals surface area (Å²) in [5.41, 5.74) is 10.8. The van der Waals surface area contributed by atoms with Crippen LogP contribution in [0.4, 0.5) is 11.4 Å². The van der Waals surface area contributed by atoms with Crippen LogP contribution in [0, 0.1) is 0 Å². The summed E-state index contributed by atoms with van der Waals surface area (Å²) >= 11 is 3.64. The van der Waals surface area contributed by atoms with Crippen LogP contribution in [0.25, 0.3) is 10.2 Å². The number of benzene rings is 1. The van der Waals surface area contributed by atoms with Gasteiger partial charge in [0.25, 0.3) is 0 Å². The van der Waals surface area contributed by atoms with Crippen molar-refractivity contribution in [3.63, 3.8) is 0 Å². The zero-order valence-corrected chi connectivity index (χ0v) is 13.4. The van der Waals surface area contributed by atoms with E-state index < -0.39 is 0 Å². The fraction of sp³-hybridized carbons (Fsp3) is 0.533. The molecule has 20 heavy (non-hydrogen) atoms. The van der Waals surface area contributed by atoms with Crippen molar-refractivity contribution < 1.29 is 0 Å². The molecule has 5 heteroatoms. The normalized spacial score (nSPS) is 18.2. The van der Waals surface area contributed by atoms with Gasteiger partial charge in [0.2, 0.25) is 0 Å². The average Bonchev–Trinajstić information content (AvgIpc) is 2.97. The van der Waals surface area contributed by atoms with Gasteiger partial charge in [-0.15, -0.1) is 11.3 Å². The van der Waals surface area contributed by atoms with E-state index in [1.807, 2.05) is 17.3 Å². The summed E-state index contributed by atoms with van der Waals surface area (Å²) in [5, 5.41) is 3.58. The molecule has 3 N–H and O–H groups in total. The Morgan fingerprint density at radius 1 is 1.35 bits per heavy atom. The van der Waals surface area contributed by atoms with Crippen molar-refractivity contribution in [2.45, 2.75) is 36.9 Å². The molecular formula is C15H21N3S2. The molecule has 1 saturated carbocycles. The first-order valence-corrected chi connectivity index (χ1v) is 9.25. The topological polar surface area (TPSA) is 50.9 Å². The lowest BCUT2D eigenvalue weighted by Crippen LogP contribution is -2.35. The number of nitrogens with one attached hydrogen (secondary N) is 1. The fourth-order valence-electron chi connectivity index (χ4n) is 3.01. The maximum atomic E-state index is 6.24. The summed E-state index contributed by atoms with van der Waals surface area (Å²) < 4.78 is 1.53. The smallest absolute Gasteiger partial charge is 0.106 e. The van der Waals surface area contributed by atoms with Crippen molar-refractivity contribution in [1.82, 2.24) is 4.98 Å². The second-order valence-corrected chi connectivity index (χ2v) is 7.69. The number of anilines is 2. The minimum absolute atomic E-state index is 0.377. The van der Waals surface area contributed by atoms with E-state index in [9.17, 15) is 0 Å². The van der Waals surface area contributed by atoms with Gasteiger partial charge in [-0.05, 0) is 31.2 Å². The number of thiazole rings is 1. The van der Waals surface area contributed by atoms with Gasteiger partial charge in [-0.3, -0.25) is 0 Å². The number of rotatable bonds is 4. The number of nitrogens with two attached hydrogens (primary N) is 1. The molecule has 1 aliphatic rings. The number of hydrogen-bond acceptors (Lipinski definition) is 5. The molecule has 108 valence electrons. The van der Waals surface area contributed by atoms with E-state index in [0.29, 0.717) is 4.75 Å². The first-order chi connectivity index (χ1) is 9.74. The van der Waals surface area contributed by atoms with Gasteiger partial charge in [0.1, 0.15) is 5.52 Å². The van der Waals surface area contributed by atoms with Gasteiger partial charge >= 0.3 is 0 Å². The molecule has 1 fully saturated rings. The van der Waals surface area contributed by atoms with Gasteiger partial charge < -0.3 is 11.1 Å². The SMILES string of the molecule is CSC1(CNc2ccc3scnc3c2N)CCCCC1. The Bertz CT molecular complexity index is 588. The molecule has 1 aromatic heterocycles. The van der Waals surface area contributed by atoms with E-state index in [1.165, 1.54) is 32.1 Å². The predicted molar refractivity (Wildman–Crippen MR) is 91.9 cm³/mol. The lowest BCUT2D eigenvalue weighted by Gasteiger charge is -2.36. The lowest BCUT2D eigenvalue weighted by atomic mass is 9.88. The Hall–Kier alpha value is -0.940. The maximum Gasteiger partial charge on any atom is 0.106 e. The highest BCUT2D eigenvalue weighted by molar-refractivity contribution is 8.00. The summed E-state index contributed by atoms with van der Waals surface area (Å²) in [7, 11) is 0. The molecule has 0 atom stereocenters. The van der Waals surface area contributed by atoms with E-state index in [4.69, 9.17) is 5.73 Å². The summed E-state index contributed by atoms with van der Waals surface area (Å²) in [5.74, 6) is 0. The van der Waals surface area contributed by atoms with Crippen LogP contribution in [-0.4, -0.2) is 22.5 Å². The molecule has 3 rings (SSSR count). The highest BCUT2D eigenvalue weighted by Gasteiger charge is 2.31. The van der Waals surface area contributed by atoms with Crippen LogP contribution in [0.1, 0.15) is 32.1 Å². The number of nitrogens with zero attached hydrogens (tertiary/aromatic N) is 1. The van der Waals surface area contributed by atoms with Gasteiger partial charge in [-0.25, -0.2) is 4.98 Å². The molecule has 1 aromatic carbocycles.